The molecule has 1 N–H and O–H groups in total. The molecule has 0 aliphatic heterocycles. The van der Waals surface area contributed by atoms with Gasteiger partial charge in [0.15, 0.2) is 17.1 Å². The van der Waals surface area contributed by atoms with Crippen molar-refractivity contribution in [3.63, 3.8) is 0 Å². The number of aryl methyl sites for hydroxylation is 1. The van der Waals surface area contributed by atoms with Crippen molar-refractivity contribution < 1.29 is 5.11 Å². The average Bonchev–Trinajstić information content (AvgIpc) is 3.39. The summed E-state index contributed by atoms with van der Waals surface area (Å²) in [6.07, 6.45) is 2.35. The van der Waals surface area contributed by atoms with Gasteiger partial charge < -0.3 is 5.11 Å². The quantitative estimate of drug-likeness (QED) is 0.558. The van der Waals surface area contributed by atoms with E-state index < -0.39 is 5.60 Å². The zero-order chi connectivity index (χ0) is 19.6. The van der Waals surface area contributed by atoms with Crippen LogP contribution in [0.2, 0.25) is 5.02 Å². The fourth-order valence-corrected chi connectivity index (χ4v) is 3.72. The number of aromatic nitrogens is 5. The molecule has 0 bridgehead atoms. The van der Waals surface area contributed by atoms with E-state index in [0.29, 0.717) is 28.0 Å². The van der Waals surface area contributed by atoms with E-state index in [1.165, 1.54) is 12.8 Å². The second kappa shape index (κ2) is 5.96. The molecule has 5 rings (SSSR count). The van der Waals surface area contributed by atoms with E-state index in [1.54, 1.807) is 19.9 Å². The van der Waals surface area contributed by atoms with Crippen molar-refractivity contribution in [3.05, 3.63) is 52.3 Å². The van der Waals surface area contributed by atoms with Crippen LogP contribution in [0.5, 0.6) is 0 Å². The molecular formula is C21H20ClN5O. The predicted molar refractivity (Wildman–Crippen MR) is 108 cm³/mol. The summed E-state index contributed by atoms with van der Waals surface area (Å²) >= 11 is 6.52. The number of pyridine rings is 1. The Morgan fingerprint density at radius 3 is 2.57 bits per heavy atom. The van der Waals surface area contributed by atoms with Crippen LogP contribution in [0, 0.1) is 6.92 Å². The van der Waals surface area contributed by atoms with Crippen molar-refractivity contribution in [2.24, 2.45) is 0 Å². The Bertz CT molecular complexity index is 1240. The summed E-state index contributed by atoms with van der Waals surface area (Å²) in [7, 11) is 0. The second-order valence-corrected chi connectivity index (χ2v) is 8.39. The number of aliphatic hydroxyl groups is 1. The van der Waals surface area contributed by atoms with Crippen LogP contribution in [0.4, 0.5) is 0 Å². The van der Waals surface area contributed by atoms with Gasteiger partial charge in [-0.05, 0) is 63.4 Å². The summed E-state index contributed by atoms with van der Waals surface area (Å²) in [5.41, 5.74) is 4.52. The Kier molecular flexibility index (Phi) is 3.73. The molecular weight excluding hydrogens is 374 g/mol. The lowest BCUT2D eigenvalue weighted by Crippen LogP contribution is -2.15. The number of hydrogen-bond donors (Lipinski definition) is 1. The zero-order valence-corrected chi connectivity index (χ0v) is 16.7. The van der Waals surface area contributed by atoms with Gasteiger partial charge in [-0.15, -0.1) is 10.2 Å². The topological polar surface area (TPSA) is 76.2 Å². The lowest BCUT2D eigenvalue weighted by molar-refractivity contribution is 0.0786. The van der Waals surface area contributed by atoms with Crippen LogP contribution in [-0.2, 0) is 5.60 Å². The first kappa shape index (κ1) is 17.5. The molecule has 1 fully saturated rings. The molecule has 1 saturated carbocycles. The van der Waals surface area contributed by atoms with Gasteiger partial charge in [-0.1, -0.05) is 17.7 Å². The van der Waals surface area contributed by atoms with Crippen LogP contribution in [0.3, 0.4) is 0 Å². The Morgan fingerprint density at radius 1 is 1.07 bits per heavy atom. The van der Waals surface area contributed by atoms with Crippen LogP contribution in [0.25, 0.3) is 28.2 Å². The summed E-state index contributed by atoms with van der Waals surface area (Å²) in [5, 5.41) is 19.7. The molecule has 3 heterocycles. The number of hydrogen-bond acceptors (Lipinski definition) is 5. The number of rotatable bonds is 3. The summed E-state index contributed by atoms with van der Waals surface area (Å²) in [6, 6.07) is 9.55. The third kappa shape index (κ3) is 2.75. The molecule has 6 nitrogen and oxygen atoms in total. The Morgan fingerprint density at radius 2 is 1.86 bits per heavy atom. The van der Waals surface area contributed by atoms with E-state index in [0.717, 1.165) is 28.1 Å². The predicted octanol–water partition coefficient (Wildman–Crippen LogP) is 4.41. The van der Waals surface area contributed by atoms with E-state index >= 15 is 0 Å². The minimum atomic E-state index is -0.989. The number of benzene rings is 1. The minimum absolute atomic E-state index is 0.530. The van der Waals surface area contributed by atoms with Crippen LogP contribution < -0.4 is 0 Å². The van der Waals surface area contributed by atoms with Gasteiger partial charge in [-0.2, -0.15) is 0 Å². The molecule has 0 atom stereocenters. The molecule has 0 spiro atoms. The van der Waals surface area contributed by atoms with Gasteiger partial charge in [0.25, 0.3) is 0 Å². The largest absolute Gasteiger partial charge is 0.386 e. The summed E-state index contributed by atoms with van der Waals surface area (Å²) in [4.78, 5) is 9.55. The molecule has 1 aliphatic carbocycles. The molecule has 1 aromatic carbocycles. The van der Waals surface area contributed by atoms with Gasteiger partial charge in [-0.3, -0.25) is 4.40 Å². The summed E-state index contributed by atoms with van der Waals surface area (Å²) < 4.78 is 1.93. The maximum atomic E-state index is 10.4. The van der Waals surface area contributed by atoms with E-state index in [-0.39, 0.29) is 0 Å². The highest BCUT2D eigenvalue weighted by atomic mass is 35.5. The lowest BCUT2D eigenvalue weighted by Gasteiger charge is -2.19. The number of nitrogens with zero attached hydrogens (tertiary/aromatic N) is 5. The monoisotopic (exact) mass is 393 g/mol. The minimum Gasteiger partial charge on any atom is -0.386 e. The smallest absolute Gasteiger partial charge is 0.184 e. The molecule has 1 aliphatic rings. The Hall–Kier alpha value is -2.57. The second-order valence-electron chi connectivity index (χ2n) is 7.99. The van der Waals surface area contributed by atoms with Crippen molar-refractivity contribution in [3.8, 4) is 11.4 Å². The fraction of sp³-hybridized carbons (Fsp3) is 0.333. The molecule has 0 radical (unpaired) electrons. The third-order valence-electron chi connectivity index (χ3n) is 5.27. The lowest BCUT2D eigenvalue weighted by atomic mass is 9.96. The van der Waals surface area contributed by atoms with Gasteiger partial charge in [-0.25, -0.2) is 9.97 Å². The van der Waals surface area contributed by atoms with Gasteiger partial charge >= 0.3 is 0 Å². The van der Waals surface area contributed by atoms with Crippen molar-refractivity contribution >= 4 is 28.4 Å². The van der Waals surface area contributed by atoms with Crippen molar-refractivity contribution in [2.45, 2.75) is 45.1 Å². The SMILES string of the molecule is Cc1nc2ccc(C3CC3)nc2n2c(-c3cc(C(C)(C)O)ccc3Cl)nnc12. The van der Waals surface area contributed by atoms with E-state index in [2.05, 4.69) is 21.2 Å². The highest BCUT2D eigenvalue weighted by molar-refractivity contribution is 6.33. The zero-order valence-electron chi connectivity index (χ0n) is 15.9. The molecule has 7 heteroatoms. The van der Waals surface area contributed by atoms with Crippen LogP contribution in [0.1, 0.15) is 49.6 Å². The number of halogens is 1. The fourth-order valence-electron chi connectivity index (χ4n) is 3.52. The molecule has 142 valence electrons. The molecule has 4 aromatic rings. The van der Waals surface area contributed by atoms with Crippen molar-refractivity contribution in [1.29, 1.82) is 0 Å². The van der Waals surface area contributed by atoms with E-state index in [9.17, 15) is 5.11 Å². The highest BCUT2D eigenvalue weighted by Crippen LogP contribution is 2.40. The maximum absolute atomic E-state index is 10.4. The van der Waals surface area contributed by atoms with Crippen molar-refractivity contribution in [2.75, 3.05) is 0 Å². The van der Waals surface area contributed by atoms with Gasteiger partial charge in [0.05, 0.1) is 16.3 Å². The van der Waals surface area contributed by atoms with Crippen LogP contribution >= 0.6 is 11.6 Å². The molecule has 3 aromatic heterocycles. The molecule has 0 saturated heterocycles. The molecule has 28 heavy (non-hydrogen) atoms. The van der Waals surface area contributed by atoms with E-state index in [4.69, 9.17) is 16.6 Å². The summed E-state index contributed by atoms with van der Waals surface area (Å²) in [6.45, 7) is 5.40. The molecule has 0 unspecified atom stereocenters. The van der Waals surface area contributed by atoms with E-state index in [1.807, 2.05) is 29.5 Å². The first-order chi connectivity index (χ1) is 13.3. The number of fused-ring (bicyclic) bond motifs is 3. The first-order valence-corrected chi connectivity index (χ1v) is 9.76. The van der Waals surface area contributed by atoms with Gasteiger partial charge in [0.2, 0.25) is 0 Å². The standard InChI is InChI=1S/C21H20ClN5O/c1-11-18-25-26-19(14-10-13(21(2,3)28)6-7-15(14)22)27(18)20-17(23-11)9-8-16(24-20)12-4-5-12/h6-10,12,28H,4-5H2,1-3H3. The van der Waals surface area contributed by atoms with Crippen molar-refractivity contribution in [1.82, 2.24) is 24.6 Å². The Balaban J connectivity index is 1.83. The van der Waals surface area contributed by atoms with Crippen LogP contribution in [-0.4, -0.2) is 29.7 Å². The maximum Gasteiger partial charge on any atom is 0.184 e. The van der Waals surface area contributed by atoms with Crippen LogP contribution in [0.15, 0.2) is 30.3 Å². The summed E-state index contributed by atoms with van der Waals surface area (Å²) in [5.74, 6) is 1.13. The normalized spacial score (nSPS) is 14.9. The van der Waals surface area contributed by atoms with Gasteiger partial charge in [0, 0.05) is 17.2 Å². The average molecular weight is 394 g/mol. The highest BCUT2D eigenvalue weighted by Gasteiger charge is 2.26. The van der Waals surface area contributed by atoms with Gasteiger partial charge in [0.1, 0.15) is 5.52 Å². The first-order valence-electron chi connectivity index (χ1n) is 9.38. The Labute approximate surface area is 167 Å². The molecule has 0 amide bonds. The third-order valence-corrected chi connectivity index (χ3v) is 5.60.